The molecule has 0 saturated heterocycles. The van der Waals surface area contributed by atoms with Gasteiger partial charge < -0.3 is 39.9 Å². The number of benzene rings is 2. The number of imidazole rings is 1. The lowest BCUT2D eigenvalue weighted by molar-refractivity contribution is 0.0991. The van der Waals surface area contributed by atoms with Crippen LogP contribution in [0.1, 0.15) is 62.9 Å². The van der Waals surface area contributed by atoms with Crippen molar-refractivity contribution in [1.29, 1.82) is 0 Å². The summed E-state index contributed by atoms with van der Waals surface area (Å²) in [6.45, 7) is 9.55. The van der Waals surface area contributed by atoms with Crippen molar-refractivity contribution in [3.63, 3.8) is 0 Å². The van der Waals surface area contributed by atoms with Crippen molar-refractivity contribution in [2.75, 3.05) is 38.9 Å². The molecule has 5 heterocycles. The highest BCUT2D eigenvalue weighted by Crippen LogP contribution is 2.37. The predicted molar refractivity (Wildman–Crippen MR) is 228 cm³/mol. The van der Waals surface area contributed by atoms with Crippen LogP contribution in [0.3, 0.4) is 0 Å². The number of rotatable bonds is 19. The van der Waals surface area contributed by atoms with Crippen LogP contribution in [-0.2, 0) is 30.9 Å². The molecule has 3 amide bonds. The predicted octanol–water partition coefficient (Wildman–Crippen LogP) is 4.14. The van der Waals surface area contributed by atoms with E-state index in [1.165, 1.54) is 12.1 Å². The standard InChI is InChI=1S/C42H48N12O7/c1-6-53-31(17-24(3)49-53)39-45-23-29-28-19-26(37(43)56)21-33(60-15-10-14-59-5)35(28)51(40(29)47-39)11-8-9-12-52-36-30(20-27(38(44)57)22-34(36)61-16-13-55)46-42(52)48-41(58)32-18-25(4)50-54(32)7-2/h8-9,17-23,55H,6-7,10-16H2,1-5H3,(H2,43,56)(H2,44,57)(H,46,48,58)/b9-8+. The summed E-state index contributed by atoms with van der Waals surface area (Å²) in [4.78, 5) is 53.2. The van der Waals surface area contributed by atoms with Crippen LogP contribution in [0.15, 0.2) is 54.7 Å². The number of aliphatic hydroxyl groups is 1. The second-order valence-corrected chi connectivity index (χ2v) is 14.2. The number of hydrogen-bond acceptors (Lipinski definition) is 12. The van der Waals surface area contributed by atoms with Crippen LogP contribution in [0.5, 0.6) is 11.5 Å². The van der Waals surface area contributed by atoms with E-state index < -0.39 is 17.7 Å². The zero-order chi connectivity index (χ0) is 43.4. The average molecular weight is 833 g/mol. The maximum absolute atomic E-state index is 13.7. The molecule has 0 atom stereocenters. The molecule has 19 heteroatoms. The lowest BCUT2D eigenvalue weighted by Gasteiger charge is -2.13. The van der Waals surface area contributed by atoms with Gasteiger partial charge in [0.25, 0.3) is 5.91 Å². The quantitative estimate of drug-likeness (QED) is 0.0663. The normalized spacial score (nSPS) is 11.7. The number of aliphatic hydroxyl groups excluding tert-OH is 1. The Morgan fingerprint density at radius 2 is 1.44 bits per heavy atom. The molecule has 0 radical (unpaired) electrons. The number of nitrogens with zero attached hydrogens (tertiary/aromatic N) is 9. The van der Waals surface area contributed by atoms with Gasteiger partial charge >= 0.3 is 0 Å². The molecule has 0 aliphatic rings. The number of amides is 3. The lowest BCUT2D eigenvalue weighted by Crippen LogP contribution is -2.20. The maximum atomic E-state index is 13.7. The molecule has 5 aromatic heterocycles. The van der Waals surface area contributed by atoms with Crippen molar-refractivity contribution in [1.82, 2.24) is 43.6 Å². The fraction of sp³-hybridized carbons (Fsp3) is 0.333. The summed E-state index contributed by atoms with van der Waals surface area (Å²) in [5, 5.41) is 22.9. The summed E-state index contributed by atoms with van der Waals surface area (Å²) in [6.07, 6.45) is 6.15. The third kappa shape index (κ3) is 8.50. The first-order valence-corrected chi connectivity index (χ1v) is 19.8. The van der Waals surface area contributed by atoms with E-state index >= 15 is 0 Å². The smallest absolute Gasteiger partial charge is 0.276 e. The van der Waals surface area contributed by atoms with Crippen molar-refractivity contribution < 1.29 is 33.7 Å². The molecule has 0 spiro atoms. The number of carbonyl (C=O) groups excluding carboxylic acids is 3. The Labute approximate surface area is 349 Å². The third-order valence-electron chi connectivity index (χ3n) is 9.97. The van der Waals surface area contributed by atoms with Gasteiger partial charge in [-0.3, -0.25) is 29.1 Å². The molecule has 7 aromatic rings. The Kier molecular flexibility index (Phi) is 12.4. The number of anilines is 1. The van der Waals surface area contributed by atoms with E-state index in [1.54, 1.807) is 47.7 Å². The topological polar surface area (TPSA) is 247 Å². The zero-order valence-electron chi connectivity index (χ0n) is 34.6. The molecule has 6 N–H and O–H groups in total. The third-order valence-corrected chi connectivity index (χ3v) is 9.97. The van der Waals surface area contributed by atoms with Gasteiger partial charge in [-0.2, -0.15) is 10.2 Å². The van der Waals surface area contributed by atoms with E-state index in [0.29, 0.717) is 88.7 Å². The van der Waals surface area contributed by atoms with Gasteiger partial charge in [0, 0.05) is 74.4 Å². The van der Waals surface area contributed by atoms with E-state index in [-0.39, 0.29) is 49.1 Å². The molecule has 61 heavy (non-hydrogen) atoms. The molecule has 0 fully saturated rings. The van der Waals surface area contributed by atoms with Crippen LogP contribution in [0, 0.1) is 13.8 Å². The lowest BCUT2D eigenvalue weighted by atomic mass is 10.1. The molecule has 318 valence electrons. The molecule has 0 bridgehead atoms. The maximum Gasteiger partial charge on any atom is 0.276 e. The summed E-state index contributed by atoms with van der Waals surface area (Å²) in [5.74, 6) is -0.432. The van der Waals surface area contributed by atoms with Gasteiger partial charge in [0.15, 0.2) is 5.82 Å². The van der Waals surface area contributed by atoms with Gasteiger partial charge in [0.1, 0.15) is 40.7 Å². The van der Waals surface area contributed by atoms with E-state index in [2.05, 4.69) is 15.5 Å². The fourth-order valence-electron chi connectivity index (χ4n) is 7.28. The van der Waals surface area contributed by atoms with E-state index in [1.807, 2.05) is 48.2 Å². The van der Waals surface area contributed by atoms with Crippen LogP contribution < -0.4 is 26.3 Å². The van der Waals surface area contributed by atoms with E-state index in [0.717, 1.165) is 11.4 Å². The van der Waals surface area contributed by atoms with Crippen molar-refractivity contribution in [2.45, 2.75) is 60.3 Å². The Balaban J connectivity index is 1.35. The molecule has 2 aromatic carbocycles. The molecular weight excluding hydrogens is 785 g/mol. The van der Waals surface area contributed by atoms with Gasteiger partial charge in [-0.25, -0.2) is 15.0 Å². The molecule has 0 saturated carbocycles. The summed E-state index contributed by atoms with van der Waals surface area (Å²) < 4.78 is 24.6. The molecule has 0 aliphatic carbocycles. The molecule has 19 nitrogen and oxygen atoms in total. The number of aromatic nitrogens is 9. The van der Waals surface area contributed by atoms with Crippen LogP contribution in [0.25, 0.3) is 44.5 Å². The van der Waals surface area contributed by atoms with E-state index in [4.69, 9.17) is 40.6 Å². The largest absolute Gasteiger partial charge is 0.491 e. The minimum absolute atomic E-state index is 0.0709. The van der Waals surface area contributed by atoms with Crippen molar-refractivity contribution in [3.8, 4) is 23.0 Å². The number of aryl methyl sites for hydroxylation is 4. The SMILES string of the molecule is CCn1nc(C)cc1C(=O)Nc1nc2cc(C(N)=O)cc(OCCO)c2n1C/C=C/Cn1c2nc(-c3cc(C)nn3CC)ncc2c2cc(C(N)=O)cc(OCCCOC)c21. The average Bonchev–Trinajstić information content (AvgIpc) is 4.00. The first-order valence-electron chi connectivity index (χ1n) is 19.8. The highest BCUT2D eigenvalue weighted by molar-refractivity contribution is 6.12. The van der Waals surface area contributed by atoms with Gasteiger partial charge in [-0.1, -0.05) is 12.2 Å². The minimum atomic E-state index is -0.699. The van der Waals surface area contributed by atoms with Crippen LogP contribution in [0.2, 0.25) is 0 Å². The van der Waals surface area contributed by atoms with Crippen molar-refractivity contribution >= 4 is 56.6 Å². The number of primary amides is 2. The van der Waals surface area contributed by atoms with E-state index in [9.17, 15) is 19.5 Å². The Hall–Kier alpha value is -7.12. The summed E-state index contributed by atoms with van der Waals surface area (Å²) >= 11 is 0. The number of nitrogens with one attached hydrogen (secondary N) is 1. The summed E-state index contributed by atoms with van der Waals surface area (Å²) in [7, 11) is 1.62. The first kappa shape index (κ1) is 42.0. The highest BCUT2D eigenvalue weighted by Gasteiger charge is 2.23. The van der Waals surface area contributed by atoms with Gasteiger partial charge in [-0.05, 0) is 64.1 Å². The molecule has 7 rings (SSSR count). The number of nitrogens with two attached hydrogens (primary N) is 2. The highest BCUT2D eigenvalue weighted by atomic mass is 16.5. The summed E-state index contributed by atoms with van der Waals surface area (Å²) in [6, 6.07) is 9.98. The number of fused-ring (bicyclic) bond motifs is 4. The molecule has 0 aliphatic heterocycles. The van der Waals surface area contributed by atoms with Gasteiger partial charge in [0.05, 0.1) is 35.6 Å². The number of methoxy groups -OCH3 is 1. The Morgan fingerprint density at radius 1 is 0.787 bits per heavy atom. The second kappa shape index (κ2) is 18.0. The summed E-state index contributed by atoms with van der Waals surface area (Å²) in [5.41, 5.74) is 16.5. The fourth-order valence-corrected chi connectivity index (χ4v) is 7.28. The van der Waals surface area contributed by atoms with Crippen LogP contribution >= 0.6 is 0 Å². The number of ether oxygens (including phenoxy) is 3. The first-order chi connectivity index (χ1) is 29.5. The second-order valence-electron chi connectivity index (χ2n) is 14.2. The zero-order valence-corrected chi connectivity index (χ0v) is 34.6. The van der Waals surface area contributed by atoms with Crippen LogP contribution in [0.4, 0.5) is 5.95 Å². The number of hydrogen-bond donors (Lipinski definition) is 4. The van der Waals surface area contributed by atoms with Crippen molar-refractivity contribution in [2.24, 2.45) is 11.5 Å². The minimum Gasteiger partial charge on any atom is -0.491 e. The van der Waals surface area contributed by atoms with Gasteiger partial charge in [0.2, 0.25) is 17.8 Å². The Bertz CT molecular complexity index is 2810. The van der Waals surface area contributed by atoms with Gasteiger partial charge in [-0.15, -0.1) is 0 Å². The number of carbonyl (C=O) groups is 3. The van der Waals surface area contributed by atoms with Crippen LogP contribution in [-0.4, -0.2) is 100 Å². The molecular formula is C42H48N12O7. The monoisotopic (exact) mass is 832 g/mol. The molecule has 0 unspecified atom stereocenters. The van der Waals surface area contributed by atoms with Crippen molar-refractivity contribution in [3.05, 3.63) is 83.0 Å². The number of allylic oxidation sites excluding steroid dienone is 2. The Morgan fingerprint density at radius 3 is 2.13 bits per heavy atom.